The minimum atomic E-state index is -3.43. The van der Waals surface area contributed by atoms with Crippen molar-refractivity contribution in [1.29, 1.82) is 0 Å². The highest BCUT2D eigenvalue weighted by Crippen LogP contribution is 2.23. The normalized spacial score (nSPS) is 18.4. The second-order valence-electron chi connectivity index (χ2n) is 7.78. The van der Waals surface area contributed by atoms with Crippen LogP contribution in [0.1, 0.15) is 42.7 Å². The van der Waals surface area contributed by atoms with Gasteiger partial charge >= 0.3 is 0 Å². The molecule has 2 N–H and O–H groups in total. The van der Waals surface area contributed by atoms with Gasteiger partial charge in [0, 0.05) is 26.7 Å². The summed E-state index contributed by atoms with van der Waals surface area (Å²) in [5, 5.41) is 6.37. The molecular weight excluding hydrogens is 402 g/mol. The molecule has 1 aromatic carbocycles. The van der Waals surface area contributed by atoms with E-state index >= 15 is 0 Å². The Morgan fingerprint density at radius 3 is 2.53 bits per heavy atom. The smallest absolute Gasteiger partial charge is 0.243 e. The quantitative estimate of drug-likeness (QED) is 0.537. The molecule has 0 bridgehead atoms. The Morgan fingerprint density at radius 1 is 1.23 bits per heavy atom. The summed E-state index contributed by atoms with van der Waals surface area (Å²) in [5.41, 5.74) is 1.84. The van der Waals surface area contributed by atoms with Crippen LogP contribution in [0.4, 0.5) is 0 Å². The summed E-state index contributed by atoms with van der Waals surface area (Å²) < 4.78 is 32.9. The van der Waals surface area contributed by atoms with Crippen LogP contribution in [0.3, 0.4) is 0 Å². The van der Waals surface area contributed by atoms with Gasteiger partial charge in [0.05, 0.1) is 17.1 Å². The highest BCUT2D eigenvalue weighted by atomic mass is 32.2. The van der Waals surface area contributed by atoms with Crippen molar-refractivity contribution in [3.05, 3.63) is 47.2 Å². The van der Waals surface area contributed by atoms with Crippen molar-refractivity contribution >= 4 is 16.0 Å². The molecule has 0 amide bonds. The van der Waals surface area contributed by atoms with Crippen molar-refractivity contribution in [2.24, 2.45) is 10.9 Å². The first-order chi connectivity index (χ1) is 14.3. The van der Waals surface area contributed by atoms with Crippen molar-refractivity contribution in [3.63, 3.8) is 0 Å². The molecule has 30 heavy (non-hydrogen) atoms. The van der Waals surface area contributed by atoms with E-state index < -0.39 is 10.0 Å². The number of aliphatic imine (C=N–C) groups is 1. The van der Waals surface area contributed by atoms with E-state index in [4.69, 9.17) is 4.42 Å². The number of guanidine groups is 1. The maximum atomic E-state index is 12.9. The van der Waals surface area contributed by atoms with Crippen molar-refractivity contribution in [2.45, 2.75) is 51.6 Å². The number of aryl methyl sites for hydroxylation is 2. The van der Waals surface area contributed by atoms with Crippen LogP contribution in [0.25, 0.3) is 0 Å². The van der Waals surface area contributed by atoms with E-state index in [1.807, 2.05) is 26.0 Å². The summed E-state index contributed by atoms with van der Waals surface area (Å²) in [6, 6.07) is 7.03. The standard InChI is InChI=1S/C21H31N5O3S/c1-15-6-5-11-26(14-15)30(27,28)19-9-7-18(8-10-19)12-23-21(22-4)24-13-20-25-16(2)17(3)29-20/h7-10,15H,5-6,11-14H2,1-4H3,(H2,22,23,24). The molecule has 0 aliphatic carbocycles. The molecule has 1 fully saturated rings. The first-order valence-electron chi connectivity index (χ1n) is 10.3. The molecule has 8 nitrogen and oxygen atoms in total. The fourth-order valence-electron chi connectivity index (χ4n) is 3.47. The van der Waals surface area contributed by atoms with Crippen LogP contribution in [0.2, 0.25) is 0 Å². The predicted octanol–water partition coefficient (Wildman–Crippen LogP) is 2.58. The van der Waals surface area contributed by atoms with Crippen LogP contribution in [0, 0.1) is 19.8 Å². The first kappa shape index (κ1) is 22.3. The van der Waals surface area contributed by atoms with Gasteiger partial charge in [0.15, 0.2) is 5.96 Å². The minimum Gasteiger partial charge on any atom is -0.444 e. The third-order valence-electron chi connectivity index (χ3n) is 5.34. The van der Waals surface area contributed by atoms with Gasteiger partial charge in [0.25, 0.3) is 0 Å². The lowest BCUT2D eigenvalue weighted by atomic mass is 10.0. The number of piperidine rings is 1. The molecule has 0 saturated carbocycles. The number of aromatic nitrogens is 1. The highest BCUT2D eigenvalue weighted by molar-refractivity contribution is 7.89. The number of sulfonamides is 1. The summed E-state index contributed by atoms with van der Waals surface area (Å²) in [6.07, 6.45) is 2.00. The second-order valence-corrected chi connectivity index (χ2v) is 9.72. The third-order valence-corrected chi connectivity index (χ3v) is 7.22. The molecule has 1 saturated heterocycles. The van der Waals surface area contributed by atoms with Crippen LogP contribution in [-0.2, 0) is 23.1 Å². The summed E-state index contributed by atoms with van der Waals surface area (Å²) in [4.78, 5) is 8.88. The van der Waals surface area contributed by atoms with Crippen LogP contribution in [-0.4, -0.2) is 43.8 Å². The first-order valence-corrected chi connectivity index (χ1v) is 11.7. The zero-order chi connectivity index (χ0) is 21.7. The average molecular weight is 434 g/mol. The van der Waals surface area contributed by atoms with Crippen LogP contribution >= 0.6 is 0 Å². The maximum absolute atomic E-state index is 12.9. The van der Waals surface area contributed by atoms with Crippen molar-refractivity contribution in [2.75, 3.05) is 20.1 Å². The number of hydrogen-bond donors (Lipinski definition) is 2. The summed E-state index contributed by atoms with van der Waals surface area (Å²) >= 11 is 0. The number of hydrogen-bond acceptors (Lipinski definition) is 5. The Morgan fingerprint density at radius 2 is 1.93 bits per heavy atom. The lowest BCUT2D eigenvalue weighted by Crippen LogP contribution is -2.39. The molecular formula is C21H31N5O3S. The Hall–Kier alpha value is -2.39. The number of nitrogens with one attached hydrogen (secondary N) is 2. The monoisotopic (exact) mass is 433 g/mol. The van der Waals surface area contributed by atoms with Gasteiger partial charge in [-0.3, -0.25) is 4.99 Å². The van der Waals surface area contributed by atoms with Gasteiger partial charge in [-0.15, -0.1) is 0 Å². The van der Waals surface area contributed by atoms with E-state index in [2.05, 4.69) is 27.5 Å². The number of oxazole rings is 1. The fourth-order valence-corrected chi connectivity index (χ4v) is 5.07. The van der Waals surface area contributed by atoms with Gasteiger partial charge < -0.3 is 15.1 Å². The molecule has 9 heteroatoms. The van der Waals surface area contributed by atoms with E-state index in [1.54, 1.807) is 23.5 Å². The van der Waals surface area contributed by atoms with Crippen LogP contribution in [0.15, 0.2) is 38.6 Å². The topological polar surface area (TPSA) is 99.8 Å². The molecule has 0 radical (unpaired) electrons. The lowest BCUT2D eigenvalue weighted by molar-refractivity contribution is 0.281. The lowest BCUT2D eigenvalue weighted by Gasteiger charge is -2.30. The minimum absolute atomic E-state index is 0.345. The number of benzene rings is 1. The van der Waals surface area contributed by atoms with Crippen molar-refractivity contribution in [3.8, 4) is 0 Å². The van der Waals surface area contributed by atoms with Gasteiger partial charge in [-0.2, -0.15) is 4.31 Å². The molecule has 164 valence electrons. The maximum Gasteiger partial charge on any atom is 0.243 e. The summed E-state index contributed by atoms with van der Waals surface area (Å²) in [5.74, 6) is 2.43. The third kappa shape index (κ3) is 5.40. The Labute approximate surface area is 178 Å². The van der Waals surface area contributed by atoms with Crippen LogP contribution in [0.5, 0.6) is 0 Å². The van der Waals surface area contributed by atoms with E-state index in [9.17, 15) is 8.42 Å². The SMILES string of the molecule is CN=C(NCc1ccc(S(=O)(=O)N2CCCC(C)C2)cc1)NCc1nc(C)c(C)o1. The summed E-state index contributed by atoms with van der Waals surface area (Å²) in [7, 11) is -1.74. The van der Waals surface area contributed by atoms with Crippen molar-refractivity contribution < 1.29 is 12.8 Å². The molecule has 2 aromatic rings. The van der Waals surface area contributed by atoms with Crippen molar-refractivity contribution in [1.82, 2.24) is 19.9 Å². The van der Waals surface area contributed by atoms with E-state index in [1.165, 1.54) is 0 Å². The van der Waals surface area contributed by atoms with E-state index in [0.717, 1.165) is 29.9 Å². The molecule has 1 atom stereocenters. The second kappa shape index (κ2) is 9.61. The van der Waals surface area contributed by atoms with E-state index in [-0.39, 0.29) is 0 Å². The van der Waals surface area contributed by atoms with E-state index in [0.29, 0.717) is 48.8 Å². The van der Waals surface area contributed by atoms with Gasteiger partial charge in [-0.05, 0) is 50.3 Å². The molecule has 2 heterocycles. The van der Waals surface area contributed by atoms with Gasteiger partial charge in [0.1, 0.15) is 5.76 Å². The number of nitrogens with zero attached hydrogens (tertiary/aromatic N) is 3. The molecule has 1 aliphatic rings. The molecule has 1 aliphatic heterocycles. The zero-order valence-electron chi connectivity index (χ0n) is 18.1. The zero-order valence-corrected chi connectivity index (χ0v) is 18.9. The Balaban J connectivity index is 1.55. The molecule has 1 unspecified atom stereocenters. The summed E-state index contributed by atoms with van der Waals surface area (Å²) in [6.45, 7) is 8.03. The highest BCUT2D eigenvalue weighted by Gasteiger charge is 2.28. The molecule has 1 aromatic heterocycles. The number of rotatable bonds is 6. The van der Waals surface area contributed by atoms with Crippen LogP contribution < -0.4 is 10.6 Å². The Bertz CT molecular complexity index is 963. The largest absolute Gasteiger partial charge is 0.444 e. The van der Waals surface area contributed by atoms with Gasteiger partial charge in [-0.25, -0.2) is 13.4 Å². The Kier molecular flexibility index (Phi) is 7.14. The fraction of sp³-hybridized carbons (Fsp3) is 0.524. The van der Waals surface area contributed by atoms with Gasteiger partial charge in [-0.1, -0.05) is 19.1 Å². The molecule has 0 spiro atoms. The predicted molar refractivity (Wildman–Crippen MR) is 117 cm³/mol. The molecule has 3 rings (SSSR count). The van der Waals surface area contributed by atoms with Gasteiger partial charge in [0.2, 0.25) is 15.9 Å². The average Bonchev–Trinajstić information content (AvgIpc) is 3.06.